The van der Waals surface area contributed by atoms with Crippen molar-refractivity contribution in [2.45, 2.75) is 39.2 Å². The van der Waals surface area contributed by atoms with Gasteiger partial charge >= 0.3 is 0 Å². The monoisotopic (exact) mass is 362 g/mol. The van der Waals surface area contributed by atoms with Crippen LogP contribution < -0.4 is 15.4 Å². The number of hydrogen-bond donors (Lipinski definition) is 2. The second-order valence-corrected chi connectivity index (χ2v) is 6.50. The molecule has 0 bridgehead atoms. The second-order valence-electron chi connectivity index (χ2n) is 5.52. The molecule has 0 saturated heterocycles. The molecule has 1 aromatic carbocycles. The summed E-state index contributed by atoms with van der Waals surface area (Å²) in [6, 6.07) is 6.80. The predicted molar refractivity (Wildman–Crippen MR) is 97.7 cm³/mol. The van der Waals surface area contributed by atoms with E-state index < -0.39 is 6.04 Å². The van der Waals surface area contributed by atoms with Crippen LogP contribution in [0, 0.1) is 0 Å². The maximum atomic E-state index is 12.1. The molecule has 134 valence electrons. The molecule has 0 radical (unpaired) electrons. The zero-order valence-corrected chi connectivity index (χ0v) is 15.4. The van der Waals surface area contributed by atoms with Crippen molar-refractivity contribution in [3.8, 4) is 16.3 Å². The molecule has 0 aliphatic carbocycles. The van der Waals surface area contributed by atoms with Crippen molar-refractivity contribution in [2.24, 2.45) is 0 Å². The molecule has 1 heterocycles. The molecular weight excluding hydrogens is 340 g/mol. The fourth-order valence-corrected chi connectivity index (χ4v) is 2.81. The Morgan fingerprint density at radius 2 is 1.96 bits per heavy atom. The van der Waals surface area contributed by atoms with Crippen LogP contribution in [-0.2, 0) is 9.59 Å². The lowest BCUT2D eigenvalue weighted by molar-refractivity contribution is -0.126. The second kappa shape index (κ2) is 9.12. The number of aromatic nitrogens is 2. The summed E-state index contributed by atoms with van der Waals surface area (Å²) in [5.41, 5.74) is 0.889. The number of unbranched alkanes of at least 4 members (excludes halogenated alkanes) is 1. The van der Waals surface area contributed by atoms with Gasteiger partial charge in [0.15, 0.2) is 0 Å². The van der Waals surface area contributed by atoms with E-state index in [-0.39, 0.29) is 11.8 Å². The van der Waals surface area contributed by atoms with Crippen LogP contribution in [0.2, 0.25) is 0 Å². The van der Waals surface area contributed by atoms with Crippen LogP contribution in [0.4, 0.5) is 5.13 Å². The van der Waals surface area contributed by atoms with E-state index in [4.69, 9.17) is 4.74 Å². The van der Waals surface area contributed by atoms with Crippen molar-refractivity contribution >= 4 is 28.3 Å². The zero-order chi connectivity index (χ0) is 18.2. The molecule has 1 atom stereocenters. The normalized spacial score (nSPS) is 11.6. The third-order valence-corrected chi connectivity index (χ3v) is 4.41. The van der Waals surface area contributed by atoms with E-state index in [0.717, 1.165) is 24.2 Å². The first-order chi connectivity index (χ1) is 12.0. The van der Waals surface area contributed by atoms with Gasteiger partial charge < -0.3 is 10.1 Å². The quantitative estimate of drug-likeness (QED) is 0.753. The van der Waals surface area contributed by atoms with Crippen LogP contribution >= 0.6 is 11.3 Å². The molecule has 2 amide bonds. The summed E-state index contributed by atoms with van der Waals surface area (Å²) < 4.78 is 5.12. The van der Waals surface area contributed by atoms with Crippen LogP contribution in [0.1, 0.15) is 33.1 Å². The number of benzene rings is 1. The molecule has 0 unspecified atom stereocenters. The van der Waals surface area contributed by atoms with Crippen molar-refractivity contribution in [3.63, 3.8) is 0 Å². The van der Waals surface area contributed by atoms with Gasteiger partial charge in [0, 0.05) is 12.0 Å². The van der Waals surface area contributed by atoms with Gasteiger partial charge in [-0.1, -0.05) is 24.7 Å². The minimum absolute atomic E-state index is 0.124. The van der Waals surface area contributed by atoms with Crippen LogP contribution in [-0.4, -0.2) is 35.2 Å². The van der Waals surface area contributed by atoms with E-state index in [9.17, 15) is 9.59 Å². The fraction of sp³-hybridized carbons (Fsp3) is 0.412. The van der Waals surface area contributed by atoms with Crippen molar-refractivity contribution in [1.82, 2.24) is 15.5 Å². The van der Waals surface area contributed by atoms with Gasteiger partial charge in [-0.05, 0) is 37.6 Å². The smallest absolute Gasteiger partial charge is 0.248 e. The molecule has 2 aromatic rings. The van der Waals surface area contributed by atoms with Gasteiger partial charge in [-0.2, -0.15) is 0 Å². The Bertz CT molecular complexity index is 715. The molecule has 7 nitrogen and oxygen atoms in total. The fourth-order valence-electron chi connectivity index (χ4n) is 2.05. The Kier molecular flexibility index (Phi) is 6.88. The highest BCUT2D eigenvalue weighted by molar-refractivity contribution is 7.18. The maximum absolute atomic E-state index is 12.1. The highest BCUT2D eigenvalue weighted by Crippen LogP contribution is 2.27. The Hall–Kier alpha value is -2.48. The SMILES string of the molecule is CCCCC(=O)N[C@H](C)C(=O)Nc1nnc(-c2ccc(OC)cc2)s1. The molecule has 2 rings (SSSR count). The van der Waals surface area contributed by atoms with Gasteiger partial charge in [0.25, 0.3) is 0 Å². The van der Waals surface area contributed by atoms with Gasteiger partial charge in [-0.3, -0.25) is 14.9 Å². The van der Waals surface area contributed by atoms with E-state index in [1.165, 1.54) is 11.3 Å². The minimum Gasteiger partial charge on any atom is -0.497 e. The van der Waals surface area contributed by atoms with Gasteiger partial charge in [-0.25, -0.2) is 0 Å². The number of nitrogens with zero attached hydrogens (tertiary/aromatic N) is 2. The standard InChI is InChI=1S/C17H22N4O3S/c1-4-5-6-14(22)18-11(2)15(23)19-17-21-20-16(25-17)12-7-9-13(24-3)10-8-12/h7-11H,4-6H2,1-3H3,(H,18,22)(H,19,21,23)/t11-/m1/s1. The first kappa shape index (κ1) is 18.9. The van der Waals surface area contributed by atoms with Crippen molar-refractivity contribution in [3.05, 3.63) is 24.3 Å². The molecule has 0 fully saturated rings. The van der Waals surface area contributed by atoms with Gasteiger partial charge in [0.05, 0.1) is 7.11 Å². The lowest BCUT2D eigenvalue weighted by Gasteiger charge is -2.12. The average molecular weight is 362 g/mol. The number of rotatable bonds is 8. The van der Waals surface area contributed by atoms with E-state index >= 15 is 0 Å². The molecule has 1 aromatic heterocycles. The Balaban J connectivity index is 1.93. The molecule has 0 saturated carbocycles. The Morgan fingerprint density at radius 3 is 2.60 bits per heavy atom. The third-order valence-electron chi connectivity index (χ3n) is 3.52. The summed E-state index contributed by atoms with van der Waals surface area (Å²) in [5.74, 6) is 0.317. The van der Waals surface area contributed by atoms with Crippen LogP contribution in [0.25, 0.3) is 10.6 Å². The van der Waals surface area contributed by atoms with Crippen LogP contribution in [0.3, 0.4) is 0 Å². The summed E-state index contributed by atoms with van der Waals surface area (Å²) in [6.45, 7) is 3.66. The molecule has 0 aliphatic heterocycles. The largest absolute Gasteiger partial charge is 0.497 e. The van der Waals surface area contributed by atoms with Crippen LogP contribution in [0.5, 0.6) is 5.75 Å². The maximum Gasteiger partial charge on any atom is 0.248 e. The highest BCUT2D eigenvalue weighted by Gasteiger charge is 2.17. The van der Waals surface area contributed by atoms with Gasteiger partial charge in [0.2, 0.25) is 16.9 Å². The van der Waals surface area contributed by atoms with Crippen LogP contribution in [0.15, 0.2) is 24.3 Å². The molecule has 8 heteroatoms. The number of carbonyl (C=O) groups excluding carboxylic acids is 2. The summed E-state index contributed by atoms with van der Waals surface area (Å²) in [5, 5.41) is 14.5. The lowest BCUT2D eigenvalue weighted by Crippen LogP contribution is -2.41. The van der Waals surface area contributed by atoms with Gasteiger partial charge in [-0.15, -0.1) is 10.2 Å². The predicted octanol–water partition coefficient (Wildman–Crippen LogP) is 2.85. The number of ether oxygens (including phenoxy) is 1. The summed E-state index contributed by atoms with van der Waals surface area (Å²) in [7, 11) is 1.61. The number of anilines is 1. The average Bonchev–Trinajstić information content (AvgIpc) is 3.08. The molecular formula is C17H22N4O3S. The number of amides is 2. The summed E-state index contributed by atoms with van der Waals surface area (Å²) in [6.07, 6.45) is 2.17. The lowest BCUT2D eigenvalue weighted by atomic mass is 10.2. The van der Waals surface area contributed by atoms with E-state index in [2.05, 4.69) is 20.8 Å². The topological polar surface area (TPSA) is 93.2 Å². The summed E-state index contributed by atoms with van der Waals surface area (Å²) in [4.78, 5) is 23.8. The molecule has 25 heavy (non-hydrogen) atoms. The minimum atomic E-state index is -0.627. The number of hydrogen-bond acceptors (Lipinski definition) is 6. The molecule has 2 N–H and O–H groups in total. The number of methoxy groups -OCH3 is 1. The molecule has 0 spiro atoms. The van der Waals surface area contributed by atoms with E-state index in [1.54, 1.807) is 14.0 Å². The highest BCUT2D eigenvalue weighted by atomic mass is 32.1. The Morgan fingerprint density at radius 1 is 1.24 bits per heavy atom. The first-order valence-corrected chi connectivity index (χ1v) is 8.93. The number of carbonyl (C=O) groups is 2. The van der Waals surface area contributed by atoms with E-state index in [1.807, 2.05) is 31.2 Å². The van der Waals surface area contributed by atoms with Crippen molar-refractivity contribution < 1.29 is 14.3 Å². The summed E-state index contributed by atoms with van der Waals surface area (Å²) >= 11 is 1.27. The first-order valence-electron chi connectivity index (χ1n) is 8.11. The van der Waals surface area contributed by atoms with E-state index in [0.29, 0.717) is 16.6 Å². The van der Waals surface area contributed by atoms with Crippen molar-refractivity contribution in [1.29, 1.82) is 0 Å². The van der Waals surface area contributed by atoms with Crippen molar-refractivity contribution in [2.75, 3.05) is 12.4 Å². The van der Waals surface area contributed by atoms with Gasteiger partial charge in [0.1, 0.15) is 16.8 Å². The molecule has 0 aliphatic rings. The third kappa shape index (κ3) is 5.53. The Labute approximate surface area is 150 Å². The number of nitrogens with one attached hydrogen (secondary N) is 2. The zero-order valence-electron chi connectivity index (χ0n) is 14.5.